The van der Waals surface area contributed by atoms with Gasteiger partial charge in [-0.05, 0) is 51.8 Å². The molecule has 174 valence electrons. The van der Waals surface area contributed by atoms with Crippen LogP contribution in [0.3, 0.4) is 0 Å². The third-order valence-corrected chi connectivity index (χ3v) is 5.22. The molecule has 2 aromatic heterocycles. The number of carbonyl (C=O) groups is 1. The zero-order valence-electron chi connectivity index (χ0n) is 19.9. The van der Waals surface area contributed by atoms with Crippen LogP contribution in [0.2, 0.25) is 0 Å². The first kappa shape index (κ1) is 23.5. The largest absolute Gasteiger partial charge is 0.496 e. The van der Waals surface area contributed by atoms with Crippen molar-refractivity contribution in [2.75, 3.05) is 26.2 Å². The highest BCUT2D eigenvalue weighted by Gasteiger charge is 2.36. The number of amides is 1. The molecular weight excluding hydrogens is 414 g/mol. The van der Waals surface area contributed by atoms with Gasteiger partial charge in [0.15, 0.2) is 0 Å². The molecule has 0 aliphatic rings. The van der Waals surface area contributed by atoms with Gasteiger partial charge in [-0.15, -0.1) is 0 Å². The van der Waals surface area contributed by atoms with Crippen LogP contribution in [0.25, 0.3) is 17.0 Å². The van der Waals surface area contributed by atoms with E-state index in [0.717, 1.165) is 5.56 Å². The second kappa shape index (κ2) is 8.74. The molecule has 1 amide bonds. The Hall–Kier alpha value is -3.20. The molecule has 0 fully saturated rings. The lowest BCUT2D eigenvalue weighted by molar-refractivity contribution is 0.184. The number of rotatable bonds is 7. The first-order valence-electron chi connectivity index (χ1n) is 10.4. The summed E-state index contributed by atoms with van der Waals surface area (Å²) in [7, 11) is 4.79. The number of oxazole rings is 1. The SMILES string of the molecule is CCc1nn2c(-c3c(OC)cc(COC)cc3OC)c(C)oc2c1N(C(=O)O)C(C)(C)C. The summed E-state index contributed by atoms with van der Waals surface area (Å²) in [6.07, 6.45) is -0.539. The molecule has 1 N–H and O–H groups in total. The molecule has 3 aromatic rings. The van der Waals surface area contributed by atoms with Crippen molar-refractivity contribution in [1.82, 2.24) is 9.61 Å². The van der Waals surface area contributed by atoms with E-state index in [2.05, 4.69) is 0 Å². The number of hydrogen-bond donors (Lipinski definition) is 1. The smallest absolute Gasteiger partial charge is 0.412 e. The average Bonchev–Trinajstić information content (AvgIpc) is 3.21. The number of carboxylic acid groups (broad SMARTS) is 1. The molecule has 0 bridgehead atoms. The molecule has 9 nitrogen and oxygen atoms in total. The third kappa shape index (κ3) is 3.88. The molecule has 0 atom stereocenters. The maximum atomic E-state index is 12.2. The predicted molar refractivity (Wildman–Crippen MR) is 121 cm³/mol. The van der Waals surface area contributed by atoms with Gasteiger partial charge in [0.1, 0.15) is 28.6 Å². The van der Waals surface area contributed by atoms with Gasteiger partial charge in [-0.2, -0.15) is 9.61 Å². The maximum Gasteiger partial charge on any atom is 0.412 e. The van der Waals surface area contributed by atoms with E-state index in [1.54, 1.807) is 25.8 Å². The minimum Gasteiger partial charge on any atom is -0.496 e. The molecule has 1 aromatic carbocycles. The number of fused-ring (bicyclic) bond motifs is 1. The Kier molecular flexibility index (Phi) is 6.41. The van der Waals surface area contributed by atoms with Crippen LogP contribution in [-0.2, 0) is 17.8 Å². The van der Waals surface area contributed by atoms with E-state index >= 15 is 0 Å². The van der Waals surface area contributed by atoms with Crippen molar-refractivity contribution in [3.8, 4) is 22.8 Å². The zero-order valence-corrected chi connectivity index (χ0v) is 19.9. The van der Waals surface area contributed by atoms with Gasteiger partial charge in [0.05, 0.1) is 32.1 Å². The summed E-state index contributed by atoms with van der Waals surface area (Å²) in [6, 6.07) is 3.76. The minimum absolute atomic E-state index is 0.358. The van der Waals surface area contributed by atoms with E-state index in [0.29, 0.717) is 58.6 Å². The third-order valence-electron chi connectivity index (χ3n) is 5.22. The molecule has 0 unspecified atom stereocenters. The van der Waals surface area contributed by atoms with Gasteiger partial charge in [-0.1, -0.05) is 6.92 Å². The highest BCUT2D eigenvalue weighted by Crippen LogP contribution is 2.44. The van der Waals surface area contributed by atoms with Crippen LogP contribution < -0.4 is 14.4 Å². The van der Waals surface area contributed by atoms with Gasteiger partial charge in [0.2, 0.25) is 5.71 Å². The Labute approximate surface area is 187 Å². The number of nitrogens with zero attached hydrogens (tertiary/aromatic N) is 3. The quantitative estimate of drug-likeness (QED) is 0.551. The van der Waals surface area contributed by atoms with E-state index in [9.17, 15) is 9.90 Å². The molecule has 0 saturated heterocycles. The molecule has 9 heteroatoms. The maximum absolute atomic E-state index is 12.2. The van der Waals surface area contributed by atoms with Crippen molar-refractivity contribution in [2.24, 2.45) is 0 Å². The fourth-order valence-corrected chi connectivity index (χ4v) is 3.94. The lowest BCUT2D eigenvalue weighted by Gasteiger charge is -2.32. The Morgan fingerprint density at radius 2 is 1.78 bits per heavy atom. The molecule has 0 radical (unpaired) electrons. The molecule has 2 heterocycles. The van der Waals surface area contributed by atoms with Crippen LogP contribution in [0.5, 0.6) is 11.5 Å². The number of anilines is 1. The zero-order chi connectivity index (χ0) is 23.8. The van der Waals surface area contributed by atoms with Crippen LogP contribution in [0, 0.1) is 6.92 Å². The van der Waals surface area contributed by atoms with Crippen LogP contribution in [0.4, 0.5) is 10.5 Å². The number of benzene rings is 1. The average molecular weight is 446 g/mol. The monoisotopic (exact) mass is 445 g/mol. The van der Waals surface area contributed by atoms with Crippen LogP contribution in [-0.4, -0.2) is 47.7 Å². The van der Waals surface area contributed by atoms with Gasteiger partial charge in [-0.3, -0.25) is 4.90 Å². The first-order valence-corrected chi connectivity index (χ1v) is 10.4. The highest BCUT2D eigenvalue weighted by molar-refractivity contribution is 5.94. The summed E-state index contributed by atoms with van der Waals surface area (Å²) >= 11 is 0. The molecule has 0 aliphatic carbocycles. The number of methoxy groups -OCH3 is 3. The number of ether oxygens (including phenoxy) is 3. The summed E-state index contributed by atoms with van der Waals surface area (Å²) in [5.74, 6) is 1.71. The van der Waals surface area contributed by atoms with E-state index in [1.165, 1.54) is 4.90 Å². The predicted octanol–water partition coefficient (Wildman–Crippen LogP) is 4.91. The topological polar surface area (TPSA) is 98.7 Å². The van der Waals surface area contributed by atoms with Gasteiger partial charge >= 0.3 is 6.09 Å². The number of aryl methyl sites for hydroxylation is 2. The molecule has 0 spiro atoms. The summed E-state index contributed by atoms with van der Waals surface area (Å²) < 4.78 is 24.4. The summed E-state index contributed by atoms with van der Waals surface area (Å²) in [5, 5.41) is 14.7. The lowest BCUT2D eigenvalue weighted by Crippen LogP contribution is -2.45. The fourth-order valence-electron chi connectivity index (χ4n) is 3.94. The first-order chi connectivity index (χ1) is 15.1. The van der Waals surface area contributed by atoms with Crippen molar-refractivity contribution >= 4 is 17.5 Å². The van der Waals surface area contributed by atoms with Crippen molar-refractivity contribution in [3.05, 3.63) is 29.2 Å². The van der Waals surface area contributed by atoms with Crippen LogP contribution >= 0.6 is 0 Å². The van der Waals surface area contributed by atoms with Crippen LogP contribution in [0.1, 0.15) is 44.7 Å². The number of hydrogen-bond acceptors (Lipinski definition) is 6. The van der Waals surface area contributed by atoms with E-state index in [4.69, 9.17) is 23.7 Å². The van der Waals surface area contributed by atoms with E-state index < -0.39 is 11.6 Å². The van der Waals surface area contributed by atoms with Crippen molar-refractivity contribution in [3.63, 3.8) is 0 Å². The van der Waals surface area contributed by atoms with Crippen molar-refractivity contribution in [1.29, 1.82) is 0 Å². The second-order valence-corrected chi connectivity index (χ2v) is 8.47. The van der Waals surface area contributed by atoms with Gasteiger partial charge in [0.25, 0.3) is 0 Å². The second-order valence-electron chi connectivity index (χ2n) is 8.47. The highest BCUT2D eigenvalue weighted by atomic mass is 16.5. The Morgan fingerprint density at radius 1 is 1.19 bits per heavy atom. The molecule has 3 rings (SSSR count). The normalized spacial score (nSPS) is 11.8. The Balaban J connectivity index is 2.37. The summed E-state index contributed by atoms with van der Waals surface area (Å²) in [4.78, 5) is 13.5. The van der Waals surface area contributed by atoms with Gasteiger partial charge < -0.3 is 23.7 Å². The van der Waals surface area contributed by atoms with E-state index in [1.807, 2.05) is 46.8 Å². The molecule has 0 saturated carbocycles. The van der Waals surface area contributed by atoms with Gasteiger partial charge in [0, 0.05) is 12.6 Å². The fraction of sp³-hybridized carbons (Fsp3) is 0.478. The molecular formula is C23H31N3O6. The Morgan fingerprint density at radius 3 is 2.22 bits per heavy atom. The molecule has 0 aliphatic heterocycles. The van der Waals surface area contributed by atoms with Crippen molar-refractivity contribution in [2.45, 2.75) is 53.2 Å². The van der Waals surface area contributed by atoms with Gasteiger partial charge in [-0.25, -0.2) is 4.79 Å². The summed E-state index contributed by atoms with van der Waals surface area (Å²) in [6.45, 7) is 9.65. The van der Waals surface area contributed by atoms with Crippen molar-refractivity contribution < 1.29 is 28.5 Å². The lowest BCUT2D eigenvalue weighted by atomic mass is 10.0. The summed E-state index contributed by atoms with van der Waals surface area (Å²) in [5.41, 5.74) is 2.92. The molecule has 32 heavy (non-hydrogen) atoms. The number of aromatic nitrogens is 2. The minimum atomic E-state index is -1.07. The van der Waals surface area contributed by atoms with E-state index in [-0.39, 0.29) is 0 Å². The Bertz CT molecular complexity index is 1110. The van der Waals surface area contributed by atoms with Crippen LogP contribution in [0.15, 0.2) is 16.5 Å². The standard InChI is InChI=1S/C23H31N3O6/c1-9-15-20(25(22(27)28)23(3,4)5)21-26(24-15)19(13(2)32-21)18-16(30-7)10-14(12-29-6)11-17(18)31-8/h10-11H,9,12H2,1-8H3,(H,27,28).